The molecule has 16 heavy (non-hydrogen) atoms. The van der Waals surface area contributed by atoms with Crippen LogP contribution in [0.15, 0.2) is 41.8 Å². The number of hydrogen-bond acceptors (Lipinski definition) is 2. The maximum Gasteiger partial charge on any atom is 0.256 e. The smallest absolute Gasteiger partial charge is 0.256 e. The predicted molar refractivity (Wildman–Crippen MR) is 67.3 cm³/mol. The molecule has 1 aromatic carbocycles. The molecule has 2 nitrogen and oxygen atoms in total. The van der Waals surface area contributed by atoms with Crippen LogP contribution in [0, 0.1) is 0 Å². The minimum Gasteiger partial charge on any atom is -0.321 e. The fourth-order valence-corrected chi connectivity index (χ4v) is 2.46. The zero-order valence-electron chi connectivity index (χ0n) is 8.44. The summed E-state index contributed by atoms with van der Waals surface area (Å²) in [5.41, 5.74) is 2.63. The molecule has 1 aliphatic heterocycles. The number of anilines is 1. The van der Waals surface area contributed by atoms with Crippen LogP contribution in [0.1, 0.15) is 10.4 Å². The summed E-state index contributed by atoms with van der Waals surface area (Å²) in [4.78, 5) is 12.9. The lowest BCUT2D eigenvalue weighted by molar-refractivity contribution is -0.110. The zero-order valence-corrected chi connectivity index (χ0v) is 9.25. The Morgan fingerprint density at radius 2 is 2.00 bits per heavy atom. The molecule has 0 saturated carbocycles. The summed E-state index contributed by atoms with van der Waals surface area (Å²) in [7, 11) is 0. The average Bonchev–Trinajstić information content (AvgIpc) is 2.89. The molecule has 1 N–H and O–H groups in total. The first-order valence-electron chi connectivity index (χ1n) is 5.00. The summed E-state index contributed by atoms with van der Waals surface area (Å²) in [6, 6.07) is 11.7. The Kier molecular flexibility index (Phi) is 2.11. The van der Waals surface area contributed by atoms with Crippen LogP contribution in [0.25, 0.3) is 11.6 Å². The molecular weight excluding hydrogens is 218 g/mol. The standard InChI is InChI=1S/C13H9NOS/c15-13-11(8-9-4-3-7-16-9)10-5-1-2-6-12(10)14-13/h1-8H,(H,14,15)/b11-8-. The lowest BCUT2D eigenvalue weighted by Crippen LogP contribution is -2.03. The molecule has 1 aliphatic rings. The quantitative estimate of drug-likeness (QED) is 0.744. The van der Waals surface area contributed by atoms with Crippen LogP contribution in [-0.4, -0.2) is 5.91 Å². The maximum atomic E-state index is 11.8. The summed E-state index contributed by atoms with van der Waals surface area (Å²) in [6.45, 7) is 0. The molecule has 1 aromatic heterocycles. The van der Waals surface area contributed by atoms with Crippen molar-refractivity contribution in [3.05, 3.63) is 52.2 Å². The van der Waals surface area contributed by atoms with E-state index in [9.17, 15) is 4.79 Å². The fourth-order valence-electron chi connectivity index (χ4n) is 1.80. The van der Waals surface area contributed by atoms with Crippen molar-refractivity contribution in [2.24, 2.45) is 0 Å². The van der Waals surface area contributed by atoms with Gasteiger partial charge in [0.25, 0.3) is 5.91 Å². The number of rotatable bonds is 1. The van der Waals surface area contributed by atoms with Gasteiger partial charge in [0.05, 0.1) is 5.57 Å². The van der Waals surface area contributed by atoms with Crippen molar-refractivity contribution >= 4 is 34.6 Å². The van der Waals surface area contributed by atoms with Gasteiger partial charge < -0.3 is 5.32 Å². The monoisotopic (exact) mass is 227 g/mol. The first kappa shape index (κ1) is 9.36. The molecule has 3 heteroatoms. The van der Waals surface area contributed by atoms with Gasteiger partial charge in [-0.25, -0.2) is 0 Å². The SMILES string of the molecule is O=C1Nc2ccccc2/C1=C/c1cccs1. The Labute approximate surface area is 97.2 Å². The topological polar surface area (TPSA) is 29.1 Å². The summed E-state index contributed by atoms with van der Waals surface area (Å²) in [6.07, 6.45) is 1.94. The Morgan fingerprint density at radius 3 is 2.81 bits per heavy atom. The lowest BCUT2D eigenvalue weighted by Gasteiger charge is -1.95. The number of amides is 1. The van der Waals surface area contributed by atoms with Crippen molar-refractivity contribution in [1.82, 2.24) is 0 Å². The van der Waals surface area contributed by atoms with Gasteiger partial charge in [-0.05, 0) is 23.6 Å². The largest absolute Gasteiger partial charge is 0.321 e. The minimum absolute atomic E-state index is 0.0189. The normalized spacial score (nSPS) is 16.2. The average molecular weight is 227 g/mol. The third kappa shape index (κ3) is 1.46. The summed E-state index contributed by atoms with van der Waals surface area (Å²) in [5, 5.41) is 4.86. The third-order valence-corrected chi connectivity index (χ3v) is 3.36. The predicted octanol–water partition coefficient (Wildman–Crippen LogP) is 3.24. The minimum atomic E-state index is -0.0189. The molecule has 0 saturated heterocycles. The molecular formula is C13H9NOS. The van der Waals surface area contributed by atoms with Gasteiger partial charge >= 0.3 is 0 Å². The van der Waals surface area contributed by atoms with Crippen LogP contribution in [0.5, 0.6) is 0 Å². The molecule has 0 unspecified atom stereocenters. The van der Waals surface area contributed by atoms with Gasteiger partial charge in [-0.1, -0.05) is 24.3 Å². The van der Waals surface area contributed by atoms with Crippen LogP contribution in [-0.2, 0) is 4.79 Å². The van der Waals surface area contributed by atoms with E-state index in [1.54, 1.807) is 11.3 Å². The molecule has 0 radical (unpaired) electrons. The number of carbonyl (C=O) groups is 1. The van der Waals surface area contributed by atoms with E-state index in [1.807, 2.05) is 47.9 Å². The van der Waals surface area contributed by atoms with Crippen LogP contribution < -0.4 is 5.32 Å². The van der Waals surface area contributed by atoms with Crippen LogP contribution in [0.3, 0.4) is 0 Å². The summed E-state index contributed by atoms with van der Waals surface area (Å²) >= 11 is 1.63. The molecule has 0 fully saturated rings. The van der Waals surface area contributed by atoms with Gasteiger partial charge in [0.2, 0.25) is 0 Å². The molecule has 3 rings (SSSR count). The van der Waals surface area contributed by atoms with E-state index in [0.717, 1.165) is 21.7 Å². The Bertz CT molecular complexity index is 569. The van der Waals surface area contributed by atoms with Gasteiger partial charge in [-0.3, -0.25) is 4.79 Å². The van der Waals surface area contributed by atoms with Gasteiger partial charge in [0.1, 0.15) is 0 Å². The molecule has 0 spiro atoms. The van der Waals surface area contributed by atoms with Gasteiger partial charge in [0.15, 0.2) is 0 Å². The van der Waals surface area contributed by atoms with Crippen molar-refractivity contribution in [2.45, 2.75) is 0 Å². The Morgan fingerprint density at radius 1 is 1.12 bits per heavy atom. The van der Waals surface area contributed by atoms with E-state index in [4.69, 9.17) is 0 Å². The lowest BCUT2D eigenvalue weighted by atomic mass is 10.1. The first-order chi connectivity index (χ1) is 7.84. The molecule has 78 valence electrons. The highest BCUT2D eigenvalue weighted by Gasteiger charge is 2.23. The van der Waals surface area contributed by atoms with E-state index < -0.39 is 0 Å². The highest BCUT2D eigenvalue weighted by molar-refractivity contribution is 7.11. The van der Waals surface area contributed by atoms with E-state index in [-0.39, 0.29) is 5.91 Å². The van der Waals surface area contributed by atoms with Gasteiger partial charge in [-0.15, -0.1) is 11.3 Å². The zero-order chi connectivity index (χ0) is 11.0. The van der Waals surface area contributed by atoms with E-state index >= 15 is 0 Å². The number of hydrogen-bond donors (Lipinski definition) is 1. The number of carbonyl (C=O) groups excluding carboxylic acids is 1. The molecule has 0 aliphatic carbocycles. The van der Waals surface area contributed by atoms with Crippen molar-refractivity contribution < 1.29 is 4.79 Å². The Balaban J connectivity index is 2.12. The number of thiophene rings is 1. The highest BCUT2D eigenvalue weighted by atomic mass is 32.1. The number of para-hydroxylation sites is 1. The third-order valence-electron chi connectivity index (χ3n) is 2.54. The molecule has 1 amide bonds. The second-order valence-corrected chi connectivity index (χ2v) is 4.55. The number of nitrogens with one attached hydrogen (secondary N) is 1. The Hall–Kier alpha value is -1.87. The number of fused-ring (bicyclic) bond motifs is 1. The first-order valence-corrected chi connectivity index (χ1v) is 5.88. The number of benzene rings is 1. The van der Waals surface area contributed by atoms with Crippen molar-refractivity contribution in [3.63, 3.8) is 0 Å². The second-order valence-electron chi connectivity index (χ2n) is 3.57. The molecule has 0 bridgehead atoms. The molecule has 2 heterocycles. The summed E-state index contributed by atoms with van der Waals surface area (Å²) in [5.74, 6) is -0.0189. The fraction of sp³-hybridized carbons (Fsp3) is 0. The molecule has 0 atom stereocenters. The van der Waals surface area contributed by atoms with Gasteiger partial charge in [-0.2, -0.15) is 0 Å². The van der Waals surface area contributed by atoms with Gasteiger partial charge in [0, 0.05) is 16.1 Å². The van der Waals surface area contributed by atoms with Crippen LogP contribution >= 0.6 is 11.3 Å². The van der Waals surface area contributed by atoms with Crippen molar-refractivity contribution in [3.8, 4) is 0 Å². The van der Waals surface area contributed by atoms with E-state index in [0.29, 0.717) is 0 Å². The van der Waals surface area contributed by atoms with E-state index in [1.165, 1.54) is 0 Å². The van der Waals surface area contributed by atoms with Crippen LogP contribution in [0.4, 0.5) is 5.69 Å². The molecule has 2 aromatic rings. The maximum absolute atomic E-state index is 11.8. The van der Waals surface area contributed by atoms with Crippen LogP contribution in [0.2, 0.25) is 0 Å². The highest BCUT2D eigenvalue weighted by Crippen LogP contribution is 2.33. The summed E-state index contributed by atoms with van der Waals surface area (Å²) < 4.78 is 0. The second kappa shape index (κ2) is 3.61. The van der Waals surface area contributed by atoms with E-state index in [2.05, 4.69) is 5.32 Å². The van der Waals surface area contributed by atoms with Crippen molar-refractivity contribution in [1.29, 1.82) is 0 Å². The van der Waals surface area contributed by atoms with Crippen molar-refractivity contribution in [2.75, 3.05) is 5.32 Å².